The van der Waals surface area contributed by atoms with Crippen molar-refractivity contribution in [3.8, 4) is 0 Å². The lowest BCUT2D eigenvalue weighted by Gasteiger charge is -2.08. The van der Waals surface area contributed by atoms with Gasteiger partial charge in [0.2, 0.25) is 15.8 Å². The summed E-state index contributed by atoms with van der Waals surface area (Å²) in [6.07, 6.45) is 0.649. The van der Waals surface area contributed by atoms with Gasteiger partial charge < -0.3 is 4.74 Å². The second-order valence-electron chi connectivity index (χ2n) is 5.03. The maximum atomic E-state index is 12.1. The maximum absolute atomic E-state index is 12.1. The molecule has 9 heteroatoms. The molecule has 1 N–H and O–H groups in total. The van der Waals surface area contributed by atoms with E-state index in [0.717, 1.165) is 11.3 Å². The average Bonchev–Trinajstić information content (AvgIpc) is 3.04. The largest absolute Gasteiger partial charge is 0.454 e. The molecule has 1 heterocycles. The summed E-state index contributed by atoms with van der Waals surface area (Å²) in [4.78, 5) is 24.3. The Labute approximate surface area is 154 Å². The SMILES string of the molecule is CCCNS(=O)(=O)c1cccc(C(=O)OCC(=O)c2ccc(Cl)s2)c1. The van der Waals surface area contributed by atoms with E-state index in [0.29, 0.717) is 22.2 Å². The second-order valence-corrected chi connectivity index (χ2v) is 8.51. The van der Waals surface area contributed by atoms with Gasteiger partial charge >= 0.3 is 5.97 Å². The van der Waals surface area contributed by atoms with Gasteiger partial charge in [-0.05, 0) is 36.8 Å². The third-order valence-corrected chi connectivity index (χ3v) is 5.84. The number of ether oxygens (including phenoxy) is 1. The zero-order valence-electron chi connectivity index (χ0n) is 13.3. The molecule has 0 fully saturated rings. The molecule has 0 saturated heterocycles. The molecular weight excluding hydrogens is 386 g/mol. The molecule has 0 amide bonds. The molecule has 0 unspecified atom stereocenters. The fourth-order valence-electron chi connectivity index (χ4n) is 1.86. The van der Waals surface area contributed by atoms with Crippen LogP contribution in [-0.2, 0) is 14.8 Å². The molecule has 134 valence electrons. The highest BCUT2D eigenvalue weighted by atomic mass is 35.5. The standard InChI is InChI=1S/C16H16ClNO5S2/c1-2-8-18-25(21,22)12-5-3-4-11(9-12)16(20)23-10-13(19)14-6-7-15(17)24-14/h3-7,9,18H,2,8,10H2,1H3. The first-order valence-corrected chi connectivity index (χ1v) is 10.1. The molecule has 6 nitrogen and oxygen atoms in total. The summed E-state index contributed by atoms with van der Waals surface area (Å²) in [7, 11) is -3.69. The highest BCUT2D eigenvalue weighted by Gasteiger charge is 2.17. The van der Waals surface area contributed by atoms with E-state index in [1.807, 2.05) is 6.92 Å². The van der Waals surface area contributed by atoms with Crippen LogP contribution in [0.15, 0.2) is 41.3 Å². The summed E-state index contributed by atoms with van der Waals surface area (Å²) < 4.78 is 32.0. The predicted octanol–water partition coefficient (Wildman–Crippen LogP) is 3.13. The Balaban J connectivity index is 2.05. The van der Waals surface area contributed by atoms with Crippen LogP contribution in [0.5, 0.6) is 0 Å². The topological polar surface area (TPSA) is 89.5 Å². The number of carbonyl (C=O) groups excluding carboxylic acids is 2. The Hall–Kier alpha value is -1.74. The van der Waals surface area contributed by atoms with E-state index < -0.39 is 22.6 Å². The zero-order valence-corrected chi connectivity index (χ0v) is 15.7. The van der Waals surface area contributed by atoms with Crippen LogP contribution in [0.4, 0.5) is 0 Å². The van der Waals surface area contributed by atoms with Crippen LogP contribution in [0.2, 0.25) is 4.34 Å². The lowest BCUT2D eigenvalue weighted by atomic mass is 10.2. The predicted molar refractivity (Wildman–Crippen MR) is 95.9 cm³/mol. The summed E-state index contributed by atoms with van der Waals surface area (Å²) >= 11 is 6.85. The summed E-state index contributed by atoms with van der Waals surface area (Å²) in [5.74, 6) is -1.15. The van der Waals surface area contributed by atoms with E-state index in [9.17, 15) is 18.0 Å². The molecule has 1 aromatic carbocycles. The van der Waals surface area contributed by atoms with E-state index in [4.69, 9.17) is 16.3 Å². The number of sulfonamides is 1. The number of ketones is 1. The molecule has 2 rings (SSSR count). The van der Waals surface area contributed by atoms with Crippen LogP contribution < -0.4 is 4.72 Å². The number of rotatable bonds is 8. The van der Waals surface area contributed by atoms with Crippen LogP contribution in [-0.4, -0.2) is 33.3 Å². The van der Waals surface area contributed by atoms with E-state index >= 15 is 0 Å². The third kappa shape index (κ3) is 5.37. The Bertz CT molecular complexity index is 876. The molecule has 1 aromatic heterocycles. The van der Waals surface area contributed by atoms with Crippen LogP contribution >= 0.6 is 22.9 Å². The van der Waals surface area contributed by atoms with Crippen LogP contribution in [0.25, 0.3) is 0 Å². The van der Waals surface area contributed by atoms with Gasteiger partial charge in [0.25, 0.3) is 0 Å². The molecule has 0 radical (unpaired) electrons. The number of hydrogen-bond donors (Lipinski definition) is 1. The van der Waals surface area contributed by atoms with Crippen molar-refractivity contribution < 1.29 is 22.7 Å². The first kappa shape index (κ1) is 19.6. The Morgan fingerprint density at radius 2 is 2.00 bits per heavy atom. The number of esters is 1. The van der Waals surface area contributed by atoms with Gasteiger partial charge in [-0.1, -0.05) is 24.6 Å². The van der Waals surface area contributed by atoms with Crippen LogP contribution in [0.1, 0.15) is 33.4 Å². The minimum absolute atomic E-state index is 0.0354. The van der Waals surface area contributed by atoms with E-state index in [1.54, 1.807) is 12.1 Å². The Morgan fingerprint density at radius 1 is 1.24 bits per heavy atom. The number of halogens is 1. The summed E-state index contributed by atoms with van der Waals surface area (Å²) in [6.45, 7) is 1.70. The van der Waals surface area contributed by atoms with Gasteiger partial charge in [0.15, 0.2) is 6.61 Å². The smallest absolute Gasteiger partial charge is 0.338 e. The molecule has 0 spiro atoms. The van der Waals surface area contributed by atoms with Gasteiger partial charge in [-0.3, -0.25) is 4.79 Å². The molecule has 0 bridgehead atoms. The van der Waals surface area contributed by atoms with E-state index in [-0.39, 0.29) is 16.2 Å². The molecule has 2 aromatic rings. The first-order chi connectivity index (χ1) is 11.8. The van der Waals surface area contributed by atoms with Gasteiger partial charge in [0, 0.05) is 6.54 Å². The van der Waals surface area contributed by atoms with Gasteiger partial charge in [0.05, 0.1) is 19.7 Å². The van der Waals surface area contributed by atoms with Crippen molar-refractivity contribution >= 4 is 44.7 Å². The quantitative estimate of drug-likeness (QED) is 0.542. The first-order valence-electron chi connectivity index (χ1n) is 7.39. The summed E-state index contributed by atoms with van der Waals surface area (Å²) in [5, 5.41) is 0. The van der Waals surface area contributed by atoms with Crippen LogP contribution in [0.3, 0.4) is 0 Å². The van der Waals surface area contributed by atoms with Crippen molar-refractivity contribution in [2.45, 2.75) is 18.2 Å². The van der Waals surface area contributed by atoms with Gasteiger partial charge in [-0.25, -0.2) is 17.9 Å². The summed E-state index contributed by atoms with van der Waals surface area (Å²) in [6, 6.07) is 8.60. The summed E-state index contributed by atoms with van der Waals surface area (Å²) in [5.41, 5.74) is 0.0522. The second kappa shape index (κ2) is 8.57. The highest BCUT2D eigenvalue weighted by Crippen LogP contribution is 2.22. The molecule has 0 aliphatic heterocycles. The van der Waals surface area contributed by atoms with E-state index in [1.165, 1.54) is 24.3 Å². The normalized spacial score (nSPS) is 11.3. The number of benzene rings is 1. The number of nitrogens with one attached hydrogen (secondary N) is 1. The molecule has 0 saturated carbocycles. The number of thiophene rings is 1. The van der Waals surface area contributed by atoms with Crippen molar-refractivity contribution in [2.24, 2.45) is 0 Å². The van der Waals surface area contributed by atoms with Crippen molar-refractivity contribution in [1.29, 1.82) is 0 Å². The van der Waals surface area contributed by atoms with Crippen molar-refractivity contribution in [3.05, 3.63) is 51.2 Å². The number of carbonyl (C=O) groups is 2. The average molecular weight is 402 g/mol. The number of Topliss-reactive ketones (excluding diaryl/α,β-unsaturated/α-hetero) is 1. The third-order valence-electron chi connectivity index (χ3n) is 3.10. The molecule has 25 heavy (non-hydrogen) atoms. The van der Waals surface area contributed by atoms with Gasteiger partial charge in [0.1, 0.15) is 0 Å². The van der Waals surface area contributed by atoms with E-state index in [2.05, 4.69) is 4.72 Å². The maximum Gasteiger partial charge on any atom is 0.338 e. The Kier molecular flexibility index (Phi) is 6.71. The molecule has 0 atom stereocenters. The lowest BCUT2D eigenvalue weighted by molar-refractivity contribution is 0.0475. The van der Waals surface area contributed by atoms with Crippen molar-refractivity contribution in [2.75, 3.05) is 13.2 Å². The van der Waals surface area contributed by atoms with Crippen molar-refractivity contribution in [1.82, 2.24) is 4.72 Å². The van der Waals surface area contributed by atoms with Gasteiger partial charge in [-0.15, -0.1) is 11.3 Å². The minimum Gasteiger partial charge on any atom is -0.454 e. The zero-order chi connectivity index (χ0) is 18.4. The molecular formula is C16H16ClNO5S2. The molecule has 0 aliphatic carbocycles. The monoisotopic (exact) mass is 401 g/mol. The van der Waals surface area contributed by atoms with Crippen molar-refractivity contribution in [3.63, 3.8) is 0 Å². The fraction of sp³-hybridized carbons (Fsp3) is 0.250. The number of hydrogen-bond acceptors (Lipinski definition) is 6. The molecule has 0 aliphatic rings. The minimum atomic E-state index is -3.69. The lowest BCUT2D eigenvalue weighted by Crippen LogP contribution is -2.24. The van der Waals surface area contributed by atoms with Crippen LogP contribution in [0, 0.1) is 0 Å². The highest BCUT2D eigenvalue weighted by molar-refractivity contribution is 7.89. The fourth-order valence-corrected chi connectivity index (χ4v) is 4.01. The Morgan fingerprint density at radius 3 is 2.64 bits per heavy atom. The van der Waals surface area contributed by atoms with Gasteiger partial charge in [-0.2, -0.15) is 0 Å².